The van der Waals surface area contributed by atoms with Crippen LogP contribution in [0.25, 0.3) is 0 Å². The smallest absolute Gasteiger partial charge is 0.108 e. The molecule has 1 saturated carbocycles. The zero-order valence-corrected chi connectivity index (χ0v) is 5.59. The molecule has 2 fully saturated rings. The lowest BCUT2D eigenvalue weighted by molar-refractivity contribution is -0.101. The molecular formula is C7H9NO. The molecule has 3 rings (SSSR count). The topological polar surface area (TPSA) is 12.2 Å². The highest BCUT2D eigenvalue weighted by atomic mass is 16.7. The fourth-order valence-electron chi connectivity index (χ4n) is 2.37. The molecule has 2 aliphatic heterocycles. The molecule has 0 N–H and O–H groups in total. The Morgan fingerprint density at radius 2 is 2.11 bits per heavy atom. The van der Waals surface area contributed by atoms with Crippen LogP contribution in [0.1, 0.15) is 13.8 Å². The van der Waals surface area contributed by atoms with Gasteiger partial charge in [-0.2, -0.15) is 0 Å². The summed E-state index contributed by atoms with van der Waals surface area (Å²) in [5, 5.41) is 2.07. The molecule has 2 unspecified atom stereocenters. The van der Waals surface area contributed by atoms with Crippen molar-refractivity contribution in [3.8, 4) is 0 Å². The molecule has 2 heterocycles. The van der Waals surface area contributed by atoms with Crippen molar-refractivity contribution in [2.45, 2.75) is 24.9 Å². The number of hydrogen-bond acceptors (Lipinski definition) is 2. The lowest BCUT2D eigenvalue weighted by atomic mass is 10.2. The Bertz CT molecular complexity index is 209. The number of nitrogens with zero attached hydrogens (tertiary/aromatic N) is 1. The number of rotatable bonds is 0. The average molecular weight is 123 g/mol. The van der Waals surface area contributed by atoms with Gasteiger partial charge in [-0.15, -0.1) is 5.06 Å². The van der Waals surface area contributed by atoms with E-state index in [9.17, 15) is 0 Å². The Morgan fingerprint density at radius 1 is 1.44 bits per heavy atom. The highest BCUT2D eigenvalue weighted by Gasteiger charge is 2.95. The summed E-state index contributed by atoms with van der Waals surface area (Å²) in [5.41, 5.74) is 0.781. The highest BCUT2D eigenvalue weighted by molar-refractivity contribution is 5.50. The SMILES string of the molecule is CC12C3C=CON1C32C. The van der Waals surface area contributed by atoms with Gasteiger partial charge in [0.15, 0.2) is 0 Å². The van der Waals surface area contributed by atoms with Crippen LogP contribution in [-0.2, 0) is 4.84 Å². The van der Waals surface area contributed by atoms with Crippen LogP contribution in [0.2, 0.25) is 0 Å². The first-order valence-corrected chi connectivity index (χ1v) is 3.36. The Labute approximate surface area is 54.0 Å². The summed E-state index contributed by atoms with van der Waals surface area (Å²) >= 11 is 0. The minimum absolute atomic E-state index is 0.391. The van der Waals surface area contributed by atoms with Crippen LogP contribution in [0.3, 0.4) is 0 Å². The first-order valence-electron chi connectivity index (χ1n) is 3.36. The largest absolute Gasteiger partial charge is 0.413 e. The van der Waals surface area contributed by atoms with E-state index < -0.39 is 0 Å². The molecule has 2 atom stereocenters. The van der Waals surface area contributed by atoms with Gasteiger partial charge in [-0.05, 0) is 19.9 Å². The number of hydroxylamine groups is 2. The van der Waals surface area contributed by atoms with Crippen molar-refractivity contribution >= 4 is 0 Å². The Morgan fingerprint density at radius 3 is 2.33 bits per heavy atom. The predicted octanol–water partition coefficient (Wildman–Crippen LogP) is 0.908. The van der Waals surface area contributed by atoms with Gasteiger partial charge in [0.25, 0.3) is 0 Å². The van der Waals surface area contributed by atoms with Gasteiger partial charge in [-0.3, -0.25) is 0 Å². The summed E-state index contributed by atoms with van der Waals surface area (Å²) in [5.74, 6) is 0.777. The zero-order valence-electron chi connectivity index (χ0n) is 5.59. The van der Waals surface area contributed by atoms with E-state index in [0.29, 0.717) is 11.1 Å². The van der Waals surface area contributed by atoms with Crippen LogP contribution in [0.4, 0.5) is 0 Å². The third-order valence-electron chi connectivity index (χ3n) is 3.38. The standard InChI is InChI=1S/C7H9NO/c1-6-5-3-4-9-8(6)7(5,6)2/h3-5H,1-2H3. The molecule has 0 bridgehead atoms. The highest BCUT2D eigenvalue weighted by Crippen LogP contribution is 2.79. The molecule has 48 valence electrons. The lowest BCUT2D eigenvalue weighted by Gasteiger charge is -2.22. The molecular weight excluding hydrogens is 114 g/mol. The summed E-state index contributed by atoms with van der Waals surface area (Å²) in [4.78, 5) is 5.24. The van der Waals surface area contributed by atoms with Gasteiger partial charge in [0.2, 0.25) is 0 Å². The summed E-state index contributed by atoms with van der Waals surface area (Å²) in [6.07, 6.45) is 3.96. The third kappa shape index (κ3) is 0.191. The fourth-order valence-corrected chi connectivity index (χ4v) is 2.37. The molecule has 0 amide bonds. The maximum Gasteiger partial charge on any atom is 0.108 e. The van der Waals surface area contributed by atoms with Gasteiger partial charge in [-0.25, -0.2) is 0 Å². The van der Waals surface area contributed by atoms with Crippen molar-refractivity contribution in [1.82, 2.24) is 5.06 Å². The maximum atomic E-state index is 5.24. The quantitative estimate of drug-likeness (QED) is 0.444. The minimum atomic E-state index is 0.391. The van der Waals surface area contributed by atoms with Crippen LogP contribution < -0.4 is 0 Å². The number of hydrogen-bond donors (Lipinski definition) is 0. The fraction of sp³-hybridized carbons (Fsp3) is 0.714. The molecule has 2 nitrogen and oxygen atoms in total. The second-order valence-corrected chi connectivity index (χ2v) is 3.50. The Kier molecular flexibility index (Phi) is 0.363. The van der Waals surface area contributed by atoms with E-state index in [2.05, 4.69) is 25.0 Å². The van der Waals surface area contributed by atoms with Gasteiger partial charge in [0.05, 0.1) is 11.1 Å². The summed E-state index contributed by atoms with van der Waals surface area (Å²) < 4.78 is 0. The van der Waals surface area contributed by atoms with Crippen LogP contribution in [-0.4, -0.2) is 16.1 Å². The summed E-state index contributed by atoms with van der Waals surface area (Å²) in [7, 11) is 0. The van der Waals surface area contributed by atoms with E-state index in [-0.39, 0.29) is 0 Å². The maximum absolute atomic E-state index is 5.24. The van der Waals surface area contributed by atoms with Crippen molar-refractivity contribution in [1.29, 1.82) is 0 Å². The first kappa shape index (κ1) is 4.34. The average Bonchev–Trinajstić information content (AvgIpc) is 2.54. The zero-order chi connectivity index (χ0) is 6.28. The second-order valence-electron chi connectivity index (χ2n) is 3.50. The molecule has 0 aromatic carbocycles. The van der Waals surface area contributed by atoms with Crippen LogP contribution in [0, 0.1) is 5.92 Å². The van der Waals surface area contributed by atoms with E-state index in [0.717, 1.165) is 5.92 Å². The Hall–Kier alpha value is -0.500. The van der Waals surface area contributed by atoms with Crippen molar-refractivity contribution in [2.24, 2.45) is 5.92 Å². The van der Waals surface area contributed by atoms with Gasteiger partial charge in [-0.1, -0.05) is 0 Å². The lowest BCUT2D eigenvalue weighted by Crippen LogP contribution is -2.28. The molecule has 9 heavy (non-hydrogen) atoms. The van der Waals surface area contributed by atoms with Crippen LogP contribution >= 0.6 is 0 Å². The molecule has 1 saturated heterocycles. The molecule has 0 spiro atoms. The van der Waals surface area contributed by atoms with E-state index >= 15 is 0 Å². The van der Waals surface area contributed by atoms with Crippen LogP contribution in [0.15, 0.2) is 12.3 Å². The summed E-state index contributed by atoms with van der Waals surface area (Å²) in [6, 6.07) is 0. The van der Waals surface area contributed by atoms with Crippen LogP contribution in [0.5, 0.6) is 0 Å². The first-order chi connectivity index (χ1) is 4.22. The predicted molar refractivity (Wildman–Crippen MR) is 32.4 cm³/mol. The van der Waals surface area contributed by atoms with Gasteiger partial charge < -0.3 is 4.84 Å². The normalized spacial score (nSPS) is 72.7. The van der Waals surface area contributed by atoms with E-state index in [4.69, 9.17) is 4.84 Å². The third-order valence-corrected chi connectivity index (χ3v) is 3.38. The second kappa shape index (κ2) is 0.754. The van der Waals surface area contributed by atoms with Crippen molar-refractivity contribution in [3.05, 3.63) is 12.3 Å². The molecule has 1 aliphatic carbocycles. The molecule has 0 radical (unpaired) electrons. The van der Waals surface area contributed by atoms with Crippen molar-refractivity contribution in [3.63, 3.8) is 0 Å². The monoisotopic (exact) mass is 123 g/mol. The van der Waals surface area contributed by atoms with E-state index in [1.807, 2.05) is 0 Å². The summed E-state index contributed by atoms with van der Waals surface area (Å²) in [6.45, 7) is 4.50. The Balaban J connectivity index is 2.14. The van der Waals surface area contributed by atoms with E-state index in [1.54, 1.807) is 6.26 Å². The van der Waals surface area contributed by atoms with E-state index in [1.165, 1.54) is 0 Å². The molecule has 3 aliphatic rings. The molecule has 0 aromatic rings. The van der Waals surface area contributed by atoms with Gasteiger partial charge in [0, 0.05) is 5.92 Å². The molecule has 2 heteroatoms. The number of fused-ring (bicyclic) bond motifs is 2. The van der Waals surface area contributed by atoms with Crippen molar-refractivity contribution in [2.75, 3.05) is 0 Å². The van der Waals surface area contributed by atoms with Gasteiger partial charge >= 0.3 is 0 Å². The van der Waals surface area contributed by atoms with Gasteiger partial charge in [0.1, 0.15) is 6.26 Å². The minimum Gasteiger partial charge on any atom is -0.413 e. The van der Waals surface area contributed by atoms with Crippen molar-refractivity contribution < 1.29 is 4.84 Å². The molecule has 0 aromatic heterocycles.